The third-order valence-electron chi connectivity index (χ3n) is 12.3. The summed E-state index contributed by atoms with van der Waals surface area (Å²) in [6, 6.07) is 17.0. The van der Waals surface area contributed by atoms with Crippen molar-refractivity contribution in [1.82, 2.24) is 9.80 Å². The topological polar surface area (TPSA) is 125 Å². The summed E-state index contributed by atoms with van der Waals surface area (Å²) in [5.41, 5.74) is 0.511. The maximum absolute atomic E-state index is 15.9. The molecule has 6 rings (SSSR count). The highest BCUT2D eigenvalue weighted by molar-refractivity contribution is 5.93. The second kappa shape index (κ2) is 19.7. The van der Waals surface area contributed by atoms with Crippen LogP contribution in [0.5, 0.6) is 34.5 Å². The summed E-state index contributed by atoms with van der Waals surface area (Å²) in [6.07, 6.45) is 8.40. The Bertz CT molecular complexity index is 1870. The minimum Gasteiger partial charge on any atom is -0.493 e. The van der Waals surface area contributed by atoms with Crippen LogP contribution in [0.3, 0.4) is 0 Å². The van der Waals surface area contributed by atoms with Crippen molar-refractivity contribution in [1.29, 1.82) is 0 Å². The highest BCUT2D eigenvalue weighted by Gasteiger charge is 2.60. The number of aliphatic carboxylic acids is 1. The SMILES string of the molecule is CCC(c1cccc(OCCN2CCOCC2)c1)C1(C(=O)O)C(c2ccc(OC)c(OC)c2)CCCN1C(=O)C(c1cc(OC)c(OC)c(OC)c1)[C@@H]1C=CCCC1. The molecule has 12 heteroatoms. The van der Waals surface area contributed by atoms with Crippen LogP contribution in [0.25, 0.3) is 0 Å². The summed E-state index contributed by atoms with van der Waals surface area (Å²) in [5, 5.41) is 12.0. The van der Waals surface area contributed by atoms with Crippen LogP contribution in [0.15, 0.2) is 66.7 Å². The summed E-state index contributed by atoms with van der Waals surface area (Å²) >= 11 is 0. The molecule has 0 radical (unpaired) electrons. The molecule has 1 aliphatic carbocycles. The standard InChI is InChI=1S/C46H60N2O10/c1-7-36(32-15-11-16-35(27-32)58-26-23-47-21-24-57-25-22-47)46(45(50)51)37(33-18-19-38(52-2)39(28-33)53-3)17-12-20-48(46)44(49)42(31-13-9-8-10-14-31)34-29-40(54-4)43(56-6)41(30-34)55-5/h9,11,13,15-16,18-19,27-31,36-37,42H,7-8,10,12,14,17,20-26H2,1-6H3,(H,50,51)/t31-,36?,37?,42?,46?/m1/s1. The Morgan fingerprint density at radius 1 is 0.828 bits per heavy atom. The van der Waals surface area contributed by atoms with Gasteiger partial charge in [-0.15, -0.1) is 0 Å². The number of carbonyl (C=O) groups is 2. The van der Waals surface area contributed by atoms with E-state index in [9.17, 15) is 9.90 Å². The number of benzene rings is 3. The Morgan fingerprint density at radius 2 is 1.55 bits per heavy atom. The molecular formula is C46H60N2O10. The van der Waals surface area contributed by atoms with Crippen LogP contribution < -0.4 is 28.4 Å². The number of ether oxygens (including phenoxy) is 7. The Balaban J connectivity index is 1.51. The molecule has 0 spiro atoms. The Kier molecular flexibility index (Phi) is 14.5. The number of carboxylic acids is 1. The number of amides is 1. The third-order valence-corrected chi connectivity index (χ3v) is 12.3. The number of rotatable bonds is 17. The van der Waals surface area contributed by atoms with Crippen molar-refractivity contribution in [2.24, 2.45) is 5.92 Å². The first-order chi connectivity index (χ1) is 28.2. The molecule has 1 amide bonds. The number of carboxylic acid groups (broad SMARTS) is 1. The molecule has 2 fully saturated rings. The van der Waals surface area contributed by atoms with Gasteiger partial charge in [0.2, 0.25) is 11.7 Å². The molecule has 5 atom stereocenters. The van der Waals surface area contributed by atoms with E-state index in [4.69, 9.17) is 33.2 Å². The van der Waals surface area contributed by atoms with E-state index >= 15 is 4.79 Å². The van der Waals surface area contributed by atoms with Crippen molar-refractivity contribution in [3.63, 3.8) is 0 Å². The maximum atomic E-state index is 15.9. The summed E-state index contributed by atoms with van der Waals surface area (Å²) in [4.78, 5) is 34.6. The van der Waals surface area contributed by atoms with Crippen LogP contribution in [0.2, 0.25) is 0 Å². The smallest absolute Gasteiger partial charge is 0.330 e. The van der Waals surface area contributed by atoms with Crippen LogP contribution in [0.4, 0.5) is 0 Å². The van der Waals surface area contributed by atoms with E-state index in [0.29, 0.717) is 79.1 Å². The van der Waals surface area contributed by atoms with E-state index in [1.165, 1.54) is 0 Å². The fraction of sp³-hybridized carbons (Fsp3) is 0.522. The first-order valence-corrected chi connectivity index (χ1v) is 20.5. The van der Waals surface area contributed by atoms with Crippen molar-refractivity contribution in [3.8, 4) is 34.5 Å². The van der Waals surface area contributed by atoms with Gasteiger partial charge in [-0.2, -0.15) is 0 Å². The number of likely N-dealkylation sites (tertiary alicyclic amines) is 1. The van der Waals surface area contributed by atoms with Gasteiger partial charge in [-0.3, -0.25) is 9.69 Å². The average molecular weight is 801 g/mol. The molecule has 0 aromatic heterocycles. The molecule has 3 aromatic rings. The number of allylic oxidation sites excluding steroid dienone is 2. The van der Waals surface area contributed by atoms with Gasteiger partial charge in [0.15, 0.2) is 28.5 Å². The molecule has 314 valence electrons. The minimum absolute atomic E-state index is 0.194. The lowest BCUT2D eigenvalue weighted by Gasteiger charge is -2.54. The number of hydrogen-bond donors (Lipinski definition) is 1. The average Bonchev–Trinajstić information content (AvgIpc) is 3.26. The van der Waals surface area contributed by atoms with E-state index in [1.54, 1.807) is 40.4 Å². The molecule has 3 aromatic carbocycles. The minimum atomic E-state index is -1.71. The summed E-state index contributed by atoms with van der Waals surface area (Å²) in [5.74, 6) is -0.518. The summed E-state index contributed by atoms with van der Waals surface area (Å²) in [7, 11) is 7.80. The Hall–Kier alpha value is -4.94. The van der Waals surface area contributed by atoms with E-state index in [1.807, 2.05) is 61.5 Å². The normalized spacial score (nSPS) is 22.1. The van der Waals surface area contributed by atoms with Gasteiger partial charge in [0.05, 0.1) is 54.7 Å². The number of nitrogens with zero attached hydrogens (tertiary/aromatic N) is 2. The predicted octanol–water partition coefficient (Wildman–Crippen LogP) is 7.30. The highest BCUT2D eigenvalue weighted by atomic mass is 16.5. The molecule has 58 heavy (non-hydrogen) atoms. The number of piperidine rings is 1. The largest absolute Gasteiger partial charge is 0.493 e. The van der Waals surface area contributed by atoms with Gasteiger partial charge in [-0.1, -0.05) is 37.3 Å². The lowest BCUT2D eigenvalue weighted by Crippen LogP contribution is -2.66. The van der Waals surface area contributed by atoms with Crippen LogP contribution in [0, 0.1) is 5.92 Å². The van der Waals surface area contributed by atoms with Crippen LogP contribution >= 0.6 is 0 Å². The van der Waals surface area contributed by atoms with E-state index in [0.717, 1.165) is 50.0 Å². The van der Waals surface area contributed by atoms with Gasteiger partial charge >= 0.3 is 5.97 Å². The maximum Gasteiger partial charge on any atom is 0.330 e. The molecular weight excluding hydrogens is 741 g/mol. The molecule has 1 N–H and O–H groups in total. The van der Waals surface area contributed by atoms with Crippen LogP contribution in [0.1, 0.15) is 79.9 Å². The van der Waals surface area contributed by atoms with E-state index in [-0.39, 0.29) is 18.4 Å². The fourth-order valence-electron chi connectivity index (χ4n) is 9.55. The molecule has 2 heterocycles. The van der Waals surface area contributed by atoms with Crippen LogP contribution in [-0.2, 0) is 14.3 Å². The molecule has 12 nitrogen and oxygen atoms in total. The van der Waals surface area contributed by atoms with Crippen LogP contribution in [-0.4, -0.2) is 114 Å². The number of methoxy groups -OCH3 is 5. The van der Waals surface area contributed by atoms with Crippen molar-refractivity contribution in [2.75, 3.05) is 81.5 Å². The summed E-state index contributed by atoms with van der Waals surface area (Å²) < 4.78 is 40.4. The highest BCUT2D eigenvalue weighted by Crippen LogP contribution is 2.54. The molecule has 0 saturated carbocycles. The first kappa shape index (κ1) is 42.7. The van der Waals surface area contributed by atoms with Gasteiger partial charge < -0.3 is 43.2 Å². The van der Waals surface area contributed by atoms with Gasteiger partial charge in [0.25, 0.3) is 0 Å². The summed E-state index contributed by atoms with van der Waals surface area (Å²) in [6.45, 7) is 6.64. The van der Waals surface area contributed by atoms with Gasteiger partial charge in [0.1, 0.15) is 12.4 Å². The molecule has 4 unspecified atom stereocenters. The zero-order valence-electron chi connectivity index (χ0n) is 34.9. The van der Waals surface area contributed by atoms with Crippen molar-refractivity contribution in [2.45, 2.75) is 68.7 Å². The lowest BCUT2D eigenvalue weighted by molar-refractivity contribution is -0.168. The molecule has 2 saturated heterocycles. The number of morpholine rings is 1. The monoisotopic (exact) mass is 800 g/mol. The molecule has 3 aliphatic rings. The zero-order chi connectivity index (χ0) is 41.2. The van der Waals surface area contributed by atoms with Gasteiger partial charge in [-0.25, -0.2) is 4.79 Å². The number of carbonyl (C=O) groups excluding carboxylic acids is 1. The Morgan fingerprint density at radius 3 is 2.17 bits per heavy atom. The lowest BCUT2D eigenvalue weighted by atomic mass is 9.62. The second-order valence-electron chi connectivity index (χ2n) is 15.2. The van der Waals surface area contributed by atoms with Crippen molar-refractivity contribution >= 4 is 11.9 Å². The first-order valence-electron chi connectivity index (χ1n) is 20.5. The Labute approximate surface area is 342 Å². The van der Waals surface area contributed by atoms with Crippen molar-refractivity contribution in [3.05, 3.63) is 83.4 Å². The quantitative estimate of drug-likeness (QED) is 0.138. The molecule has 0 bridgehead atoms. The fourth-order valence-corrected chi connectivity index (χ4v) is 9.55. The predicted molar refractivity (Wildman–Crippen MR) is 221 cm³/mol. The third kappa shape index (κ3) is 8.59. The number of hydrogen-bond acceptors (Lipinski definition) is 10. The van der Waals surface area contributed by atoms with Gasteiger partial charge in [0, 0.05) is 38.0 Å². The van der Waals surface area contributed by atoms with E-state index < -0.39 is 29.3 Å². The van der Waals surface area contributed by atoms with Gasteiger partial charge in [-0.05, 0) is 97.5 Å². The zero-order valence-corrected chi connectivity index (χ0v) is 34.9. The van der Waals surface area contributed by atoms with E-state index in [2.05, 4.69) is 17.1 Å². The second-order valence-corrected chi connectivity index (χ2v) is 15.2. The van der Waals surface area contributed by atoms with Crippen molar-refractivity contribution < 1.29 is 47.9 Å². The molecule has 2 aliphatic heterocycles.